The molecule has 0 radical (unpaired) electrons. The third-order valence-electron chi connectivity index (χ3n) is 2.98. The Morgan fingerprint density at radius 3 is 1.42 bits per heavy atom. The zero-order chi connectivity index (χ0) is 8.39. The molecule has 2 rings (SSSR count). The summed E-state index contributed by atoms with van der Waals surface area (Å²) < 4.78 is 5.39. The van der Waals surface area contributed by atoms with Gasteiger partial charge in [-0.25, -0.2) is 0 Å². The van der Waals surface area contributed by atoms with Crippen LogP contribution in [0.15, 0.2) is 0 Å². The van der Waals surface area contributed by atoms with E-state index in [1.807, 2.05) is 0 Å². The van der Waals surface area contributed by atoms with Gasteiger partial charge in [0, 0.05) is 34.4 Å². The Bertz CT molecular complexity index is 123. The second kappa shape index (κ2) is 4.04. The Hall–Kier alpha value is 0.350. The second-order valence-electron chi connectivity index (χ2n) is 3.81. The van der Waals surface area contributed by atoms with E-state index in [-0.39, 0.29) is 8.22 Å². The van der Waals surface area contributed by atoms with Crippen LogP contribution in [-0.2, 0) is 0 Å². The van der Waals surface area contributed by atoms with Crippen LogP contribution < -0.4 is 0 Å². The van der Waals surface area contributed by atoms with Crippen LogP contribution in [0.5, 0.6) is 0 Å². The van der Waals surface area contributed by atoms with Crippen LogP contribution in [0.4, 0.5) is 0 Å². The molecule has 70 valence electrons. The minimum Gasteiger partial charge on any atom is -0.270 e. The maximum Gasteiger partial charge on any atom is 0.0361 e. The van der Waals surface area contributed by atoms with Gasteiger partial charge < -0.3 is 0 Å². The molecule has 2 aliphatic rings. The van der Waals surface area contributed by atoms with Crippen molar-refractivity contribution in [1.29, 1.82) is 0 Å². The van der Waals surface area contributed by atoms with Crippen LogP contribution in [0.25, 0.3) is 0 Å². The van der Waals surface area contributed by atoms with E-state index in [0.29, 0.717) is 0 Å². The Kier molecular flexibility index (Phi) is 3.00. The van der Waals surface area contributed by atoms with Crippen molar-refractivity contribution in [1.82, 2.24) is 9.34 Å². The monoisotopic (exact) mass is 186 g/mol. The van der Waals surface area contributed by atoms with Gasteiger partial charge in [0.25, 0.3) is 0 Å². The lowest BCUT2D eigenvalue weighted by atomic mass is 10.4. The number of hydrogen-bond acceptors (Lipinski definition) is 2. The summed E-state index contributed by atoms with van der Waals surface area (Å²) in [6.45, 7) is 7.88. The topological polar surface area (TPSA) is 6.48 Å². The molecule has 0 atom stereocenters. The molecule has 0 aromatic rings. The van der Waals surface area contributed by atoms with Gasteiger partial charge in [-0.2, -0.15) is 0 Å². The van der Waals surface area contributed by atoms with Crippen molar-refractivity contribution in [2.45, 2.75) is 25.7 Å². The molecule has 0 bridgehead atoms. The molecule has 3 heteroatoms. The largest absolute Gasteiger partial charge is 0.270 e. The fourth-order valence-corrected chi connectivity index (χ4v) is 4.24. The molecule has 0 spiro atoms. The summed E-state index contributed by atoms with van der Waals surface area (Å²) in [5.41, 5.74) is 0. The molecule has 0 aliphatic carbocycles. The van der Waals surface area contributed by atoms with Crippen molar-refractivity contribution in [3.05, 3.63) is 0 Å². The van der Waals surface area contributed by atoms with Gasteiger partial charge in [-0.15, -0.1) is 0 Å². The van der Waals surface area contributed by atoms with E-state index in [9.17, 15) is 0 Å². The fraction of sp³-hybridized carbons (Fsp3) is 1.00. The van der Waals surface area contributed by atoms with Crippen molar-refractivity contribution < 1.29 is 0 Å². The van der Waals surface area contributed by atoms with Crippen LogP contribution in [0.2, 0.25) is 0 Å². The standard InChI is InChI=1S/C9H19N2P/c1-12(10-6-2-3-7-10)11-8-4-5-9-11/h2-9H2,1H3. The first kappa shape index (κ1) is 8.93. The van der Waals surface area contributed by atoms with E-state index in [1.54, 1.807) is 0 Å². The maximum absolute atomic E-state index is 2.70. The molecule has 2 fully saturated rings. The van der Waals surface area contributed by atoms with E-state index in [4.69, 9.17) is 0 Å². The predicted molar refractivity (Wildman–Crippen MR) is 54.5 cm³/mol. The third kappa shape index (κ3) is 1.81. The van der Waals surface area contributed by atoms with Crippen molar-refractivity contribution in [2.24, 2.45) is 0 Å². The van der Waals surface area contributed by atoms with Crippen LogP contribution >= 0.6 is 8.22 Å². The first-order valence-corrected chi connectivity index (χ1v) is 6.81. The van der Waals surface area contributed by atoms with Crippen LogP contribution in [-0.4, -0.2) is 42.2 Å². The Morgan fingerprint density at radius 1 is 0.750 bits per heavy atom. The van der Waals surface area contributed by atoms with Gasteiger partial charge in [0.05, 0.1) is 0 Å². The SMILES string of the molecule is CP(N1CCCC1)N1CCCC1. The molecule has 2 nitrogen and oxygen atoms in total. The highest BCUT2D eigenvalue weighted by molar-refractivity contribution is 7.51. The van der Waals surface area contributed by atoms with E-state index < -0.39 is 0 Å². The summed E-state index contributed by atoms with van der Waals surface area (Å²) in [5, 5.41) is 0. The quantitative estimate of drug-likeness (QED) is 0.609. The minimum atomic E-state index is 0.0838. The molecular formula is C9H19N2P. The van der Waals surface area contributed by atoms with Crippen molar-refractivity contribution in [3.63, 3.8) is 0 Å². The smallest absolute Gasteiger partial charge is 0.0361 e. The average Bonchev–Trinajstić information content (AvgIpc) is 2.77. The van der Waals surface area contributed by atoms with Gasteiger partial charge in [-0.05, 0) is 32.3 Å². The highest BCUT2D eigenvalue weighted by Crippen LogP contribution is 2.44. The van der Waals surface area contributed by atoms with E-state index in [0.717, 1.165) is 0 Å². The van der Waals surface area contributed by atoms with Gasteiger partial charge in [-0.1, -0.05) is 0 Å². The molecule has 2 aliphatic heterocycles. The van der Waals surface area contributed by atoms with Crippen molar-refractivity contribution in [2.75, 3.05) is 32.8 Å². The summed E-state index contributed by atoms with van der Waals surface area (Å²) in [6, 6.07) is 0. The summed E-state index contributed by atoms with van der Waals surface area (Å²) >= 11 is 0. The number of hydrogen-bond donors (Lipinski definition) is 0. The summed E-state index contributed by atoms with van der Waals surface area (Å²) in [6.07, 6.45) is 5.72. The van der Waals surface area contributed by atoms with Gasteiger partial charge in [0.2, 0.25) is 0 Å². The summed E-state index contributed by atoms with van der Waals surface area (Å²) in [4.78, 5) is 0. The minimum absolute atomic E-state index is 0.0838. The van der Waals surface area contributed by atoms with Crippen LogP contribution in [0, 0.1) is 0 Å². The van der Waals surface area contributed by atoms with Crippen LogP contribution in [0.3, 0.4) is 0 Å². The van der Waals surface area contributed by atoms with E-state index in [1.165, 1.54) is 51.9 Å². The average molecular weight is 186 g/mol. The normalized spacial score (nSPS) is 27.5. The highest BCUT2D eigenvalue weighted by atomic mass is 31.1. The lowest BCUT2D eigenvalue weighted by Crippen LogP contribution is -2.24. The second-order valence-corrected chi connectivity index (χ2v) is 5.92. The van der Waals surface area contributed by atoms with Crippen molar-refractivity contribution in [3.8, 4) is 0 Å². The van der Waals surface area contributed by atoms with Gasteiger partial charge in [0.15, 0.2) is 0 Å². The fourth-order valence-electron chi connectivity index (χ4n) is 2.16. The highest BCUT2D eigenvalue weighted by Gasteiger charge is 2.25. The molecule has 0 N–H and O–H groups in total. The molecule has 0 aromatic carbocycles. The first-order valence-electron chi connectivity index (χ1n) is 5.11. The maximum atomic E-state index is 2.70. The Labute approximate surface area is 76.8 Å². The molecule has 0 amide bonds. The van der Waals surface area contributed by atoms with Crippen LogP contribution in [0.1, 0.15) is 25.7 Å². The molecule has 2 heterocycles. The molecular weight excluding hydrogens is 167 g/mol. The zero-order valence-corrected chi connectivity index (χ0v) is 8.89. The molecule has 0 saturated carbocycles. The lowest BCUT2D eigenvalue weighted by molar-refractivity contribution is 0.478. The summed E-state index contributed by atoms with van der Waals surface area (Å²) in [5.74, 6) is 0. The van der Waals surface area contributed by atoms with Gasteiger partial charge in [-0.3, -0.25) is 9.34 Å². The molecule has 0 aromatic heterocycles. The Balaban J connectivity index is 1.84. The predicted octanol–water partition coefficient (Wildman–Crippen LogP) is 2.12. The number of nitrogens with zero attached hydrogens (tertiary/aromatic N) is 2. The molecule has 2 saturated heterocycles. The Morgan fingerprint density at radius 2 is 1.08 bits per heavy atom. The van der Waals surface area contributed by atoms with E-state index >= 15 is 0 Å². The zero-order valence-electron chi connectivity index (χ0n) is 8.00. The lowest BCUT2D eigenvalue weighted by Gasteiger charge is -2.31. The van der Waals surface area contributed by atoms with Gasteiger partial charge >= 0.3 is 0 Å². The molecule has 0 unspecified atom stereocenters. The molecule has 12 heavy (non-hydrogen) atoms. The third-order valence-corrected chi connectivity index (χ3v) is 5.42. The summed E-state index contributed by atoms with van der Waals surface area (Å²) in [7, 11) is 0.0838. The van der Waals surface area contributed by atoms with Gasteiger partial charge in [0.1, 0.15) is 0 Å². The number of rotatable bonds is 2. The van der Waals surface area contributed by atoms with Crippen molar-refractivity contribution >= 4 is 8.22 Å². The first-order chi connectivity index (χ1) is 5.88. The van der Waals surface area contributed by atoms with E-state index in [2.05, 4.69) is 16.0 Å².